The molecule has 3 rings (SSSR count). The van der Waals surface area contributed by atoms with Crippen LogP contribution in [0.15, 0.2) is 47.4 Å². The van der Waals surface area contributed by atoms with Crippen molar-refractivity contribution in [2.45, 2.75) is 16.6 Å². The van der Waals surface area contributed by atoms with Crippen LogP contribution in [0.4, 0.5) is 10.1 Å². The third-order valence-electron chi connectivity index (χ3n) is 4.44. The molecule has 0 unspecified atom stereocenters. The van der Waals surface area contributed by atoms with Crippen LogP contribution in [0.5, 0.6) is 5.75 Å². The molecule has 0 radical (unpaired) electrons. The molecule has 148 valence electrons. The average molecular weight is 427 g/mol. The maximum absolute atomic E-state index is 13.4. The predicted octanol–water partition coefficient (Wildman–Crippen LogP) is 2.21. The normalized spacial score (nSPS) is 22.8. The lowest BCUT2D eigenvalue weighted by Gasteiger charge is -2.27. The van der Waals surface area contributed by atoms with Gasteiger partial charge in [-0.25, -0.2) is 17.7 Å². The van der Waals surface area contributed by atoms with E-state index in [-0.39, 0.29) is 17.1 Å². The first-order valence-electron chi connectivity index (χ1n) is 8.12. The first-order valence-corrected chi connectivity index (χ1v) is 9.94. The smallest absolute Gasteiger partial charge is 0.233 e. The van der Waals surface area contributed by atoms with E-state index in [4.69, 9.17) is 22.9 Å². The highest BCUT2D eigenvalue weighted by Gasteiger charge is 2.51. The summed E-state index contributed by atoms with van der Waals surface area (Å²) in [6.45, 7) is 5.65. The van der Waals surface area contributed by atoms with E-state index >= 15 is 0 Å². The SMILES string of the molecule is [C-]#[N+]c1cc(F)ccc1S(=O)(=O)N1C[C@H](Oc2ccc(Cl)cc2)[C@](O)(CO)C1. The van der Waals surface area contributed by atoms with Crippen LogP contribution in [-0.4, -0.2) is 54.3 Å². The molecule has 0 bridgehead atoms. The van der Waals surface area contributed by atoms with Crippen LogP contribution in [0.25, 0.3) is 4.85 Å². The second-order valence-electron chi connectivity index (χ2n) is 6.34. The number of nitrogens with zero attached hydrogens (tertiary/aromatic N) is 2. The highest BCUT2D eigenvalue weighted by atomic mass is 35.5. The van der Waals surface area contributed by atoms with Crippen molar-refractivity contribution in [1.82, 2.24) is 4.31 Å². The number of rotatable bonds is 5. The molecule has 0 amide bonds. The van der Waals surface area contributed by atoms with Crippen molar-refractivity contribution in [2.24, 2.45) is 0 Å². The predicted molar refractivity (Wildman–Crippen MR) is 99.3 cm³/mol. The summed E-state index contributed by atoms with van der Waals surface area (Å²) in [5.41, 5.74) is -2.22. The molecule has 0 aromatic heterocycles. The van der Waals surface area contributed by atoms with Crippen molar-refractivity contribution < 1.29 is 27.8 Å². The van der Waals surface area contributed by atoms with Gasteiger partial charge in [0, 0.05) is 11.6 Å². The van der Waals surface area contributed by atoms with E-state index < -0.39 is 40.7 Å². The molecule has 1 fully saturated rings. The molecular formula is C18H16ClFN2O5S. The Balaban J connectivity index is 1.91. The lowest BCUT2D eigenvalue weighted by Crippen LogP contribution is -2.48. The van der Waals surface area contributed by atoms with Gasteiger partial charge in [-0.05, 0) is 42.5 Å². The number of β-amino-alcohol motifs (C(OH)–C–C–N with tert-alkyl or cyclic N) is 1. The summed E-state index contributed by atoms with van der Waals surface area (Å²) >= 11 is 5.82. The summed E-state index contributed by atoms with van der Waals surface area (Å²) < 4.78 is 45.9. The van der Waals surface area contributed by atoms with Gasteiger partial charge in [-0.15, -0.1) is 0 Å². The fourth-order valence-electron chi connectivity index (χ4n) is 2.92. The molecule has 7 nitrogen and oxygen atoms in total. The van der Waals surface area contributed by atoms with Crippen LogP contribution >= 0.6 is 11.6 Å². The van der Waals surface area contributed by atoms with Crippen LogP contribution < -0.4 is 4.74 Å². The van der Waals surface area contributed by atoms with Gasteiger partial charge >= 0.3 is 0 Å². The Morgan fingerprint density at radius 1 is 1.32 bits per heavy atom. The molecule has 1 heterocycles. The summed E-state index contributed by atoms with van der Waals surface area (Å²) in [5, 5.41) is 20.8. The fraction of sp³-hybridized carbons (Fsp3) is 0.278. The molecule has 1 saturated heterocycles. The number of hydrogen-bond acceptors (Lipinski definition) is 5. The number of sulfonamides is 1. The van der Waals surface area contributed by atoms with Crippen molar-refractivity contribution in [3.63, 3.8) is 0 Å². The number of benzene rings is 2. The first-order chi connectivity index (χ1) is 13.2. The summed E-state index contributed by atoms with van der Waals surface area (Å²) in [7, 11) is -4.23. The topological polar surface area (TPSA) is 91.4 Å². The molecule has 2 atom stereocenters. The molecule has 1 aliphatic rings. The van der Waals surface area contributed by atoms with Gasteiger partial charge < -0.3 is 14.9 Å². The zero-order valence-electron chi connectivity index (χ0n) is 14.4. The second kappa shape index (κ2) is 7.66. The Kier molecular flexibility index (Phi) is 5.61. The molecular weight excluding hydrogens is 411 g/mol. The Hall–Kier alpha value is -2.22. The monoisotopic (exact) mass is 426 g/mol. The van der Waals surface area contributed by atoms with Crippen LogP contribution in [-0.2, 0) is 10.0 Å². The van der Waals surface area contributed by atoms with E-state index in [1.807, 2.05) is 0 Å². The van der Waals surface area contributed by atoms with Crippen molar-refractivity contribution in [1.29, 1.82) is 0 Å². The van der Waals surface area contributed by atoms with Gasteiger partial charge in [-0.2, -0.15) is 4.31 Å². The highest BCUT2D eigenvalue weighted by Crippen LogP contribution is 2.34. The molecule has 1 aliphatic heterocycles. The van der Waals surface area contributed by atoms with Crippen molar-refractivity contribution in [3.8, 4) is 5.75 Å². The van der Waals surface area contributed by atoms with Gasteiger partial charge in [0.15, 0.2) is 0 Å². The Morgan fingerprint density at radius 2 is 2.00 bits per heavy atom. The largest absolute Gasteiger partial charge is 0.486 e. The first kappa shape index (κ1) is 20.5. The van der Waals surface area contributed by atoms with E-state index in [0.29, 0.717) is 10.8 Å². The number of halogens is 2. The maximum atomic E-state index is 13.4. The van der Waals surface area contributed by atoms with Crippen LogP contribution in [0.1, 0.15) is 0 Å². The van der Waals surface area contributed by atoms with Gasteiger partial charge in [0.2, 0.25) is 15.7 Å². The average Bonchev–Trinajstić information content (AvgIpc) is 3.01. The van der Waals surface area contributed by atoms with Gasteiger partial charge in [0.25, 0.3) is 0 Å². The molecule has 2 aromatic rings. The van der Waals surface area contributed by atoms with Crippen LogP contribution in [0, 0.1) is 12.4 Å². The molecule has 28 heavy (non-hydrogen) atoms. The van der Waals surface area contributed by atoms with E-state index in [1.54, 1.807) is 24.3 Å². The second-order valence-corrected chi connectivity index (χ2v) is 8.69. The van der Waals surface area contributed by atoms with E-state index in [0.717, 1.165) is 22.5 Å². The Morgan fingerprint density at radius 3 is 2.61 bits per heavy atom. The molecule has 2 N–H and O–H groups in total. The minimum absolute atomic E-state index is 0.267. The number of aliphatic hydroxyl groups is 2. The maximum Gasteiger partial charge on any atom is 0.233 e. The van der Waals surface area contributed by atoms with Gasteiger partial charge in [0.05, 0.1) is 24.6 Å². The standard InChI is InChI=1S/C18H16ClFN2O5S/c1-21-15-8-13(20)4-7-16(15)28(25,26)22-9-17(18(24,10-22)11-23)27-14-5-2-12(19)3-6-14/h2-8,17,23-24H,9-11H2/t17-,18+/m0/s1. The zero-order chi connectivity index (χ0) is 20.5. The molecule has 2 aromatic carbocycles. The molecule has 10 heteroatoms. The van der Waals surface area contributed by atoms with E-state index in [1.165, 1.54) is 0 Å². The summed E-state index contributed by atoms with van der Waals surface area (Å²) in [6.07, 6.45) is -1.06. The minimum Gasteiger partial charge on any atom is -0.486 e. The Labute approximate surface area is 166 Å². The number of hydrogen-bond donors (Lipinski definition) is 2. The lowest BCUT2D eigenvalue weighted by atomic mass is 10.0. The van der Waals surface area contributed by atoms with Crippen molar-refractivity contribution in [3.05, 3.63) is 64.7 Å². The van der Waals surface area contributed by atoms with E-state index in [2.05, 4.69) is 4.85 Å². The summed E-state index contributed by atoms with van der Waals surface area (Å²) in [5.74, 6) is -0.397. The number of aliphatic hydroxyl groups excluding tert-OH is 1. The quantitative estimate of drug-likeness (QED) is 0.715. The fourth-order valence-corrected chi connectivity index (χ4v) is 4.66. The minimum atomic E-state index is -4.23. The molecule has 0 aliphatic carbocycles. The summed E-state index contributed by atoms with van der Waals surface area (Å²) in [4.78, 5) is 2.69. The highest BCUT2D eigenvalue weighted by molar-refractivity contribution is 7.89. The lowest BCUT2D eigenvalue weighted by molar-refractivity contribution is -0.0640. The van der Waals surface area contributed by atoms with Crippen LogP contribution in [0.2, 0.25) is 5.02 Å². The molecule has 0 spiro atoms. The Bertz CT molecular complexity index is 1030. The van der Waals surface area contributed by atoms with Crippen molar-refractivity contribution >= 4 is 27.3 Å². The van der Waals surface area contributed by atoms with E-state index in [9.17, 15) is 23.0 Å². The van der Waals surface area contributed by atoms with Gasteiger partial charge in [0.1, 0.15) is 23.3 Å². The zero-order valence-corrected chi connectivity index (χ0v) is 16.0. The van der Waals surface area contributed by atoms with Gasteiger partial charge in [-0.3, -0.25) is 0 Å². The number of ether oxygens (including phenoxy) is 1. The molecule has 0 saturated carbocycles. The van der Waals surface area contributed by atoms with Gasteiger partial charge in [-0.1, -0.05) is 11.6 Å². The third-order valence-corrected chi connectivity index (χ3v) is 6.56. The third kappa shape index (κ3) is 3.83. The summed E-state index contributed by atoms with van der Waals surface area (Å²) in [6, 6.07) is 9.01. The van der Waals surface area contributed by atoms with Crippen molar-refractivity contribution in [2.75, 3.05) is 19.7 Å². The van der Waals surface area contributed by atoms with Crippen LogP contribution in [0.3, 0.4) is 0 Å².